The lowest BCUT2D eigenvalue weighted by Crippen LogP contribution is -1.98. The van der Waals surface area contributed by atoms with E-state index in [4.69, 9.17) is 0 Å². The quantitative estimate of drug-likeness (QED) is 0.490. The first-order valence-electron chi connectivity index (χ1n) is 9.92. The van der Waals surface area contributed by atoms with Crippen molar-refractivity contribution in [2.75, 3.05) is 12.9 Å². The van der Waals surface area contributed by atoms with E-state index in [2.05, 4.69) is 67.8 Å². The third-order valence-electron chi connectivity index (χ3n) is 4.08. The summed E-state index contributed by atoms with van der Waals surface area (Å²) in [6.45, 7) is 10.1. The molecule has 0 radical (unpaired) electrons. The Morgan fingerprint density at radius 3 is 2.07 bits per heavy atom. The highest BCUT2D eigenvalue weighted by Gasteiger charge is 2.07. The van der Waals surface area contributed by atoms with Crippen molar-refractivity contribution < 1.29 is 9.53 Å². The molecule has 1 aliphatic heterocycles. The normalized spacial score (nSPS) is 12.7. The molecule has 1 aromatic carbocycles. The Hall–Kier alpha value is -1.55. The number of rotatable bonds is 6. The number of nitrogens with zero attached hydrogens (tertiary/aromatic N) is 1. The van der Waals surface area contributed by atoms with E-state index in [1.54, 1.807) is 0 Å². The van der Waals surface area contributed by atoms with Crippen LogP contribution < -0.4 is 0 Å². The van der Waals surface area contributed by atoms with Crippen molar-refractivity contribution in [3.8, 4) is 0 Å². The highest BCUT2D eigenvalue weighted by Crippen LogP contribution is 2.25. The van der Waals surface area contributed by atoms with E-state index in [-0.39, 0.29) is 5.97 Å². The lowest BCUT2D eigenvalue weighted by molar-refractivity contribution is -0.137. The molecule has 152 valence electrons. The van der Waals surface area contributed by atoms with Crippen LogP contribution in [0.4, 0.5) is 0 Å². The van der Waals surface area contributed by atoms with Gasteiger partial charge >= 0.3 is 5.97 Å². The molecule has 3 nitrogen and oxygen atoms in total. The van der Waals surface area contributed by atoms with Crippen LogP contribution in [0.2, 0.25) is 0 Å². The topological polar surface area (TPSA) is 38.7 Å². The van der Waals surface area contributed by atoms with Crippen LogP contribution in [0.3, 0.4) is 0 Å². The lowest BCUT2D eigenvalue weighted by atomic mass is 9.91. The molecule has 1 aliphatic rings. The van der Waals surface area contributed by atoms with Gasteiger partial charge in [-0.25, -0.2) is 0 Å². The molecule has 0 aromatic heterocycles. The molecule has 0 amide bonds. The van der Waals surface area contributed by atoms with Crippen LogP contribution in [-0.2, 0) is 9.53 Å². The highest BCUT2D eigenvalue weighted by atomic mass is 32.2. The molecule has 0 aliphatic carbocycles. The summed E-state index contributed by atoms with van der Waals surface area (Å²) in [6.07, 6.45) is 8.35. The fraction of sp³-hybridized carbons (Fsp3) is 0.565. The van der Waals surface area contributed by atoms with E-state index in [1.165, 1.54) is 55.9 Å². The van der Waals surface area contributed by atoms with Gasteiger partial charge in [-0.15, -0.1) is 11.8 Å². The Morgan fingerprint density at radius 2 is 1.70 bits per heavy atom. The second-order valence-electron chi connectivity index (χ2n) is 6.48. The predicted octanol–water partition coefficient (Wildman–Crippen LogP) is 7.00. The number of methoxy groups -OCH3 is 1. The van der Waals surface area contributed by atoms with Gasteiger partial charge in [0.1, 0.15) is 0 Å². The van der Waals surface area contributed by atoms with Gasteiger partial charge in [0.05, 0.1) is 7.11 Å². The average molecular weight is 392 g/mol. The minimum absolute atomic E-state index is 0.245. The van der Waals surface area contributed by atoms with Crippen molar-refractivity contribution in [3.05, 3.63) is 47.0 Å². The number of carbonyl (C=O) groups excluding carboxylic acids is 1. The monoisotopic (exact) mass is 391 g/mol. The number of carbonyl (C=O) groups is 1. The molecule has 0 N–H and O–H groups in total. The Labute approximate surface area is 170 Å². The first-order chi connectivity index (χ1) is 13.0. The largest absolute Gasteiger partial charge is 0.469 e. The number of benzene rings is 1. The number of aliphatic imine (C=N–C) groups is 1. The van der Waals surface area contributed by atoms with Gasteiger partial charge in [-0.2, -0.15) is 0 Å². The van der Waals surface area contributed by atoms with Gasteiger partial charge in [0.15, 0.2) is 0 Å². The minimum Gasteiger partial charge on any atom is -0.469 e. The average Bonchev–Trinajstić information content (AvgIpc) is 2.70. The number of ether oxygens (including phenoxy) is 1. The Balaban J connectivity index is 0.000000419. The predicted molar refractivity (Wildman–Crippen MR) is 121 cm³/mol. The van der Waals surface area contributed by atoms with E-state index in [0.717, 1.165) is 18.1 Å². The number of thioether (sulfide) groups is 1. The van der Waals surface area contributed by atoms with Crippen molar-refractivity contribution >= 4 is 23.4 Å². The van der Waals surface area contributed by atoms with Crippen LogP contribution in [0.25, 0.3) is 0 Å². The Bertz CT molecular complexity index is 561. The molecular weight excluding hydrogens is 354 g/mol. The van der Waals surface area contributed by atoms with Gasteiger partial charge in [-0.3, -0.25) is 9.79 Å². The highest BCUT2D eigenvalue weighted by molar-refractivity contribution is 8.03. The summed E-state index contributed by atoms with van der Waals surface area (Å²) in [4.78, 5) is 15.2. The molecular formula is C23H37NO2S. The van der Waals surface area contributed by atoms with Crippen LogP contribution in [0.5, 0.6) is 0 Å². The molecule has 0 saturated heterocycles. The third-order valence-corrected chi connectivity index (χ3v) is 5.40. The molecule has 2 rings (SSSR count). The van der Waals surface area contributed by atoms with Crippen LogP contribution in [0.1, 0.15) is 78.2 Å². The van der Waals surface area contributed by atoms with Gasteiger partial charge in [-0.05, 0) is 37.7 Å². The smallest absolute Gasteiger partial charge is 0.302 e. The zero-order valence-corrected chi connectivity index (χ0v) is 18.8. The Morgan fingerprint density at radius 1 is 1.15 bits per heavy atom. The number of hydrogen-bond donors (Lipinski definition) is 0. The molecule has 4 heteroatoms. The van der Waals surface area contributed by atoms with Crippen molar-refractivity contribution in [3.63, 3.8) is 0 Å². The number of esters is 1. The summed E-state index contributed by atoms with van der Waals surface area (Å²) in [6, 6.07) is 10.9. The maximum atomic E-state index is 9.59. The van der Waals surface area contributed by atoms with E-state index >= 15 is 0 Å². The molecule has 0 bridgehead atoms. The Kier molecular flexibility index (Phi) is 15.7. The number of hydrogen-bond acceptors (Lipinski definition) is 4. The van der Waals surface area contributed by atoms with Gasteiger partial charge in [-0.1, -0.05) is 63.9 Å². The van der Waals surface area contributed by atoms with Crippen LogP contribution in [0, 0.1) is 0 Å². The second-order valence-corrected chi connectivity index (χ2v) is 7.58. The van der Waals surface area contributed by atoms with Crippen LogP contribution >= 0.6 is 11.8 Å². The maximum absolute atomic E-state index is 9.59. The first-order valence-corrected chi connectivity index (χ1v) is 10.9. The van der Waals surface area contributed by atoms with E-state index in [9.17, 15) is 4.79 Å². The maximum Gasteiger partial charge on any atom is 0.302 e. The summed E-state index contributed by atoms with van der Waals surface area (Å²) in [5.74, 6) is 1.63. The molecule has 0 spiro atoms. The lowest BCUT2D eigenvalue weighted by Gasteiger charge is -2.15. The zero-order chi connectivity index (χ0) is 20.5. The SMILES string of the molecule is CCC1=CN=C(C)CS1.CCCC(CCC)c1ccccc1.COC(C)=O. The summed E-state index contributed by atoms with van der Waals surface area (Å²) < 4.78 is 4.11. The van der Waals surface area contributed by atoms with Crippen LogP contribution in [-0.4, -0.2) is 24.5 Å². The minimum atomic E-state index is -0.245. The van der Waals surface area contributed by atoms with Crippen molar-refractivity contribution in [2.45, 2.75) is 72.6 Å². The number of allylic oxidation sites excluding steroid dienone is 1. The van der Waals surface area contributed by atoms with Gasteiger partial charge in [0.2, 0.25) is 0 Å². The van der Waals surface area contributed by atoms with Crippen molar-refractivity contribution in [2.24, 2.45) is 4.99 Å². The molecule has 0 saturated carbocycles. The zero-order valence-electron chi connectivity index (χ0n) is 18.0. The van der Waals surface area contributed by atoms with Gasteiger partial charge in [0, 0.05) is 29.5 Å². The van der Waals surface area contributed by atoms with E-state index < -0.39 is 0 Å². The second kappa shape index (κ2) is 16.6. The fourth-order valence-electron chi connectivity index (χ4n) is 2.55. The first kappa shape index (κ1) is 25.4. The molecule has 1 aromatic rings. The summed E-state index contributed by atoms with van der Waals surface area (Å²) in [5.41, 5.74) is 2.75. The van der Waals surface area contributed by atoms with Gasteiger partial charge in [0.25, 0.3) is 0 Å². The van der Waals surface area contributed by atoms with Crippen molar-refractivity contribution in [1.82, 2.24) is 0 Å². The summed E-state index contributed by atoms with van der Waals surface area (Å²) in [5, 5.41) is 0. The molecule has 1 heterocycles. The third kappa shape index (κ3) is 13.3. The fourth-order valence-corrected chi connectivity index (χ4v) is 3.35. The molecule has 0 fully saturated rings. The van der Waals surface area contributed by atoms with Crippen LogP contribution in [0.15, 0.2) is 46.4 Å². The van der Waals surface area contributed by atoms with E-state index in [1.807, 2.05) is 18.0 Å². The molecule has 0 atom stereocenters. The van der Waals surface area contributed by atoms with Crippen molar-refractivity contribution in [1.29, 1.82) is 0 Å². The summed E-state index contributed by atoms with van der Waals surface area (Å²) in [7, 11) is 1.35. The summed E-state index contributed by atoms with van der Waals surface area (Å²) >= 11 is 1.90. The standard InChI is InChI=1S/C13H20.C7H11NS.C3H6O2/c1-3-8-12(9-4-2)13-10-6-5-7-11-13;1-3-7-4-8-6(2)5-9-7;1-3(4)5-2/h5-7,10-12H,3-4,8-9H2,1-2H3;4H,3,5H2,1-2H3;1-2H3. The van der Waals surface area contributed by atoms with E-state index in [0.29, 0.717) is 0 Å². The molecule has 27 heavy (non-hydrogen) atoms. The molecule has 0 unspecified atom stereocenters. The van der Waals surface area contributed by atoms with Gasteiger partial charge < -0.3 is 4.74 Å².